The zero-order valence-electron chi connectivity index (χ0n) is 17.2. The van der Waals surface area contributed by atoms with Crippen LogP contribution < -0.4 is 10.6 Å². The SMILES string of the molecule is CN=C(NCCN(C)C1CCCCC1)NCC(C)(C)N1CCOCC1.I. The average Bonchev–Trinajstić information content (AvgIpc) is 2.65. The lowest BCUT2D eigenvalue weighted by Gasteiger charge is -2.41. The number of aliphatic imine (C=N–C) groups is 1. The number of hydrogen-bond donors (Lipinski definition) is 2. The van der Waals surface area contributed by atoms with Crippen LogP contribution in [0.1, 0.15) is 46.0 Å². The Morgan fingerprint density at radius 3 is 2.42 bits per heavy atom. The van der Waals surface area contributed by atoms with Crippen LogP contribution in [0.15, 0.2) is 4.99 Å². The van der Waals surface area contributed by atoms with Gasteiger partial charge in [-0.1, -0.05) is 19.3 Å². The molecule has 2 fully saturated rings. The Hall–Kier alpha value is -0.120. The molecule has 2 N–H and O–H groups in total. The summed E-state index contributed by atoms with van der Waals surface area (Å²) in [6.45, 7) is 11.1. The van der Waals surface area contributed by atoms with Gasteiger partial charge in [0.05, 0.1) is 13.2 Å². The molecule has 1 saturated carbocycles. The third-order valence-electron chi connectivity index (χ3n) is 5.73. The van der Waals surface area contributed by atoms with E-state index in [-0.39, 0.29) is 29.5 Å². The van der Waals surface area contributed by atoms with Crippen molar-refractivity contribution in [3.05, 3.63) is 0 Å². The number of hydrogen-bond acceptors (Lipinski definition) is 4. The van der Waals surface area contributed by atoms with Crippen LogP contribution in [-0.2, 0) is 4.74 Å². The van der Waals surface area contributed by atoms with Crippen molar-refractivity contribution in [2.24, 2.45) is 4.99 Å². The fourth-order valence-electron chi connectivity index (χ4n) is 3.86. The van der Waals surface area contributed by atoms with Gasteiger partial charge >= 0.3 is 0 Å². The van der Waals surface area contributed by atoms with Crippen molar-refractivity contribution in [2.45, 2.75) is 57.5 Å². The second kappa shape index (κ2) is 12.4. The summed E-state index contributed by atoms with van der Waals surface area (Å²) in [5.41, 5.74) is 0.0975. The molecule has 7 heteroatoms. The highest BCUT2D eigenvalue weighted by molar-refractivity contribution is 14.0. The zero-order valence-corrected chi connectivity index (χ0v) is 19.6. The van der Waals surface area contributed by atoms with Crippen molar-refractivity contribution >= 4 is 29.9 Å². The molecule has 0 radical (unpaired) electrons. The lowest BCUT2D eigenvalue weighted by Crippen LogP contribution is -2.56. The van der Waals surface area contributed by atoms with Crippen molar-refractivity contribution in [3.8, 4) is 0 Å². The number of halogens is 1. The fourth-order valence-corrected chi connectivity index (χ4v) is 3.86. The van der Waals surface area contributed by atoms with E-state index in [9.17, 15) is 0 Å². The third-order valence-corrected chi connectivity index (χ3v) is 5.73. The summed E-state index contributed by atoms with van der Waals surface area (Å²) in [5, 5.41) is 6.97. The summed E-state index contributed by atoms with van der Waals surface area (Å²) in [4.78, 5) is 9.38. The topological polar surface area (TPSA) is 52.1 Å². The Morgan fingerprint density at radius 2 is 1.81 bits per heavy atom. The van der Waals surface area contributed by atoms with E-state index in [1.54, 1.807) is 0 Å². The smallest absolute Gasteiger partial charge is 0.191 e. The van der Waals surface area contributed by atoms with Gasteiger partial charge in [-0.25, -0.2) is 0 Å². The van der Waals surface area contributed by atoms with Crippen LogP contribution in [0, 0.1) is 0 Å². The lowest BCUT2D eigenvalue weighted by atomic mass is 9.94. The van der Waals surface area contributed by atoms with Crippen LogP contribution in [0.5, 0.6) is 0 Å². The first-order chi connectivity index (χ1) is 12.0. The number of likely N-dealkylation sites (N-methyl/N-ethyl adjacent to an activating group) is 1. The third kappa shape index (κ3) is 7.86. The van der Waals surface area contributed by atoms with Crippen LogP contribution in [0.4, 0.5) is 0 Å². The summed E-state index contributed by atoms with van der Waals surface area (Å²) in [5.74, 6) is 0.901. The molecule has 26 heavy (non-hydrogen) atoms. The van der Waals surface area contributed by atoms with E-state index in [0.29, 0.717) is 0 Å². The zero-order chi connectivity index (χ0) is 18.1. The quantitative estimate of drug-likeness (QED) is 0.332. The molecule has 6 nitrogen and oxygen atoms in total. The molecule has 0 bridgehead atoms. The van der Waals surface area contributed by atoms with Crippen molar-refractivity contribution in [1.82, 2.24) is 20.4 Å². The Bertz CT molecular complexity index is 407. The largest absolute Gasteiger partial charge is 0.379 e. The predicted molar refractivity (Wildman–Crippen MR) is 121 cm³/mol. The molecule has 0 unspecified atom stereocenters. The molecule has 0 aromatic heterocycles. The standard InChI is InChI=1S/C19H39N5O.HI/c1-19(2,24-12-14-25-15-13-24)16-22-18(20-3)21-10-11-23(4)17-8-6-5-7-9-17;/h17H,5-16H2,1-4H3,(H2,20,21,22);1H. The minimum Gasteiger partial charge on any atom is -0.379 e. The van der Waals surface area contributed by atoms with Crippen LogP contribution in [0.2, 0.25) is 0 Å². The molecule has 1 heterocycles. The number of nitrogens with one attached hydrogen (secondary N) is 2. The molecule has 0 atom stereocenters. The number of morpholine rings is 1. The molecule has 0 aromatic carbocycles. The van der Waals surface area contributed by atoms with Crippen molar-refractivity contribution in [1.29, 1.82) is 0 Å². The van der Waals surface area contributed by atoms with E-state index in [4.69, 9.17) is 4.74 Å². The Morgan fingerprint density at radius 1 is 1.15 bits per heavy atom. The van der Waals surface area contributed by atoms with Gasteiger partial charge in [0.1, 0.15) is 0 Å². The first-order valence-corrected chi connectivity index (χ1v) is 10.0. The maximum absolute atomic E-state index is 5.46. The summed E-state index contributed by atoms with van der Waals surface area (Å²) in [6, 6.07) is 0.769. The van der Waals surface area contributed by atoms with Crippen LogP contribution in [0.3, 0.4) is 0 Å². The first-order valence-electron chi connectivity index (χ1n) is 10.0. The van der Waals surface area contributed by atoms with Gasteiger partial charge in [0.25, 0.3) is 0 Å². The van der Waals surface area contributed by atoms with Gasteiger partial charge in [-0.2, -0.15) is 0 Å². The molecule has 0 spiro atoms. The van der Waals surface area contributed by atoms with Crippen molar-refractivity contribution in [2.75, 3.05) is 60.0 Å². The highest BCUT2D eigenvalue weighted by atomic mass is 127. The summed E-state index contributed by atoms with van der Waals surface area (Å²) in [6.07, 6.45) is 6.91. The molecule has 1 saturated heterocycles. The molecular formula is C19H40IN5O. The molecule has 2 aliphatic rings. The van der Waals surface area contributed by atoms with E-state index in [0.717, 1.165) is 57.9 Å². The monoisotopic (exact) mass is 481 g/mol. The minimum atomic E-state index is 0. The highest BCUT2D eigenvalue weighted by Gasteiger charge is 2.28. The molecule has 0 aromatic rings. The van der Waals surface area contributed by atoms with E-state index < -0.39 is 0 Å². The van der Waals surface area contributed by atoms with Crippen molar-refractivity contribution in [3.63, 3.8) is 0 Å². The van der Waals surface area contributed by atoms with Gasteiger partial charge in [0, 0.05) is 51.4 Å². The molecule has 1 aliphatic heterocycles. The predicted octanol–water partition coefficient (Wildman–Crippen LogP) is 2.14. The Kier molecular flexibility index (Phi) is 11.4. The van der Waals surface area contributed by atoms with Gasteiger partial charge in [0.2, 0.25) is 0 Å². The van der Waals surface area contributed by atoms with Gasteiger partial charge in [-0.3, -0.25) is 9.89 Å². The molecule has 0 amide bonds. The van der Waals surface area contributed by atoms with Gasteiger partial charge in [-0.15, -0.1) is 24.0 Å². The second-order valence-corrected chi connectivity index (χ2v) is 8.04. The number of rotatable bonds is 7. The number of ether oxygens (including phenoxy) is 1. The first kappa shape index (κ1) is 23.9. The molecule has 154 valence electrons. The molecular weight excluding hydrogens is 441 g/mol. The maximum atomic E-state index is 5.46. The average molecular weight is 481 g/mol. The molecule has 2 rings (SSSR count). The van der Waals surface area contributed by atoms with E-state index in [1.165, 1.54) is 32.1 Å². The summed E-state index contributed by atoms with van der Waals surface area (Å²) >= 11 is 0. The number of nitrogens with zero attached hydrogens (tertiary/aromatic N) is 3. The van der Waals surface area contributed by atoms with Crippen LogP contribution in [-0.4, -0.2) is 87.4 Å². The van der Waals surface area contributed by atoms with Gasteiger partial charge in [-0.05, 0) is 33.7 Å². The van der Waals surface area contributed by atoms with Crippen LogP contribution in [0.25, 0.3) is 0 Å². The highest BCUT2D eigenvalue weighted by Crippen LogP contribution is 2.21. The van der Waals surface area contributed by atoms with Crippen molar-refractivity contribution < 1.29 is 4.74 Å². The van der Waals surface area contributed by atoms with E-state index >= 15 is 0 Å². The summed E-state index contributed by atoms with van der Waals surface area (Å²) in [7, 11) is 4.11. The van der Waals surface area contributed by atoms with E-state index in [1.807, 2.05) is 7.05 Å². The minimum absolute atomic E-state index is 0. The van der Waals surface area contributed by atoms with Crippen LogP contribution >= 0.6 is 24.0 Å². The fraction of sp³-hybridized carbons (Fsp3) is 0.947. The second-order valence-electron chi connectivity index (χ2n) is 8.04. The number of guanidine groups is 1. The Balaban J connectivity index is 0.00000338. The Labute approximate surface area is 177 Å². The summed E-state index contributed by atoms with van der Waals surface area (Å²) < 4.78 is 5.46. The lowest BCUT2D eigenvalue weighted by molar-refractivity contribution is -0.00834. The van der Waals surface area contributed by atoms with Gasteiger partial charge in [0.15, 0.2) is 5.96 Å². The molecule has 1 aliphatic carbocycles. The maximum Gasteiger partial charge on any atom is 0.191 e. The normalized spacial score (nSPS) is 20.7. The van der Waals surface area contributed by atoms with Gasteiger partial charge < -0.3 is 20.3 Å². The van der Waals surface area contributed by atoms with E-state index in [2.05, 4.69) is 46.3 Å².